The first-order chi connectivity index (χ1) is 18.4. The SMILES string of the molecule is CCCC[C@@H](F)C(=O)OC1CCC(COc2ccc(C3CCC(OC(=O)[C@H](F)CCCC)CC3)cc2)CC1. The summed E-state index contributed by atoms with van der Waals surface area (Å²) in [6, 6.07) is 8.23. The molecule has 2 aliphatic carbocycles. The summed E-state index contributed by atoms with van der Waals surface area (Å²) in [4.78, 5) is 23.9. The first-order valence-corrected chi connectivity index (χ1v) is 14.8. The van der Waals surface area contributed by atoms with Gasteiger partial charge in [0.15, 0.2) is 12.3 Å². The molecule has 0 N–H and O–H groups in total. The molecule has 38 heavy (non-hydrogen) atoms. The molecule has 1 aromatic rings. The molecule has 0 unspecified atom stereocenters. The molecule has 2 aliphatic rings. The van der Waals surface area contributed by atoms with Crippen molar-refractivity contribution in [2.75, 3.05) is 6.61 Å². The highest BCUT2D eigenvalue weighted by Crippen LogP contribution is 2.35. The van der Waals surface area contributed by atoms with E-state index in [1.165, 1.54) is 5.56 Å². The average molecular weight is 537 g/mol. The number of esters is 2. The number of hydrogen-bond acceptors (Lipinski definition) is 5. The fourth-order valence-electron chi connectivity index (χ4n) is 5.46. The lowest BCUT2D eigenvalue weighted by Gasteiger charge is -2.29. The summed E-state index contributed by atoms with van der Waals surface area (Å²) in [5, 5.41) is 0. The van der Waals surface area contributed by atoms with E-state index in [0.717, 1.165) is 70.0 Å². The van der Waals surface area contributed by atoms with E-state index >= 15 is 0 Å². The van der Waals surface area contributed by atoms with Gasteiger partial charge in [-0.1, -0.05) is 51.7 Å². The molecule has 1 aromatic carbocycles. The third-order valence-corrected chi connectivity index (χ3v) is 8.00. The molecule has 0 aromatic heterocycles. The highest BCUT2D eigenvalue weighted by Gasteiger charge is 2.29. The third kappa shape index (κ3) is 9.85. The molecule has 2 atom stereocenters. The van der Waals surface area contributed by atoms with Gasteiger partial charge in [-0.15, -0.1) is 0 Å². The molecule has 0 amide bonds. The van der Waals surface area contributed by atoms with Crippen LogP contribution in [0.25, 0.3) is 0 Å². The van der Waals surface area contributed by atoms with Crippen molar-refractivity contribution in [2.24, 2.45) is 5.92 Å². The molecule has 7 heteroatoms. The molecule has 2 fully saturated rings. The van der Waals surface area contributed by atoms with Crippen LogP contribution in [0.5, 0.6) is 5.75 Å². The first-order valence-electron chi connectivity index (χ1n) is 14.8. The normalized spacial score (nSPS) is 25.3. The minimum Gasteiger partial charge on any atom is -0.493 e. The number of halogens is 2. The van der Waals surface area contributed by atoms with E-state index in [0.29, 0.717) is 31.3 Å². The number of carbonyl (C=O) groups excluding carboxylic acids is 2. The Hall–Kier alpha value is -2.18. The number of hydrogen-bond donors (Lipinski definition) is 0. The van der Waals surface area contributed by atoms with E-state index in [4.69, 9.17) is 14.2 Å². The maximum absolute atomic E-state index is 13.9. The lowest BCUT2D eigenvalue weighted by Crippen LogP contribution is -2.30. The molecule has 214 valence electrons. The van der Waals surface area contributed by atoms with Gasteiger partial charge >= 0.3 is 11.9 Å². The van der Waals surface area contributed by atoms with Gasteiger partial charge in [0.2, 0.25) is 0 Å². The number of benzene rings is 1. The summed E-state index contributed by atoms with van der Waals surface area (Å²) in [7, 11) is 0. The topological polar surface area (TPSA) is 61.8 Å². The van der Waals surface area contributed by atoms with Gasteiger partial charge in [0, 0.05) is 0 Å². The highest BCUT2D eigenvalue weighted by atomic mass is 19.1. The minimum absolute atomic E-state index is 0.181. The summed E-state index contributed by atoms with van der Waals surface area (Å²) in [5.74, 6) is 0.235. The van der Waals surface area contributed by atoms with Crippen LogP contribution < -0.4 is 4.74 Å². The van der Waals surface area contributed by atoms with Crippen LogP contribution in [0.15, 0.2) is 24.3 Å². The van der Waals surface area contributed by atoms with Gasteiger partial charge in [-0.25, -0.2) is 18.4 Å². The van der Waals surface area contributed by atoms with Gasteiger partial charge in [-0.05, 0) is 93.7 Å². The summed E-state index contributed by atoms with van der Waals surface area (Å²) in [5.41, 5.74) is 1.25. The Labute approximate surface area is 227 Å². The van der Waals surface area contributed by atoms with E-state index in [1.54, 1.807) is 0 Å². The lowest BCUT2D eigenvalue weighted by molar-refractivity contribution is -0.158. The number of unbranched alkanes of at least 4 members (excludes halogenated alkanes) is 2. The van der Waals surface area contributed by atoms with E-state index in [-0.39, 0.29) is 25.0 Å². The summed E-state index contributed by atoms with van der Waals surface area (Å²) >= 11 is 0. The van der Waals surface area contributed by atoms with Gasteiger partial charge in [0.05, 0.1) is 6.61 Å². The molecule has 0 spiro atoms. The Kier molecular flexibility index (Phi) is 12.8. The fraction of sp³-hybridized carbons (Fsp3) is 0.742. The van der Waals surface area contributed by atoms with Crippen molar-refractivity contribution in [3.8, 4) is 5.75 Å². The van der Waals surface area contributed by atoms with Crippen molar-refractivity contribution >= 4 is 11.9 Å². The maximum atomic E-state index is 13.9. The Balaban J connectivity index is 1.33. The quantitative estimate of drug-likeness (QED) is 0.227. The molecule has 0 radical (unpaired) electrons. The van der Waals surface area contributed by atoms with Crippen LogP contribution >= 0.6 is 0 Å². The van der Waals surface area contributed by atoms with Crippen LogP contribution in [0.3, 0.4) is 0 Å². The van der Waals surface area contributed by atoms with Crippen LogP contribution in [0.1, 0.15) is 115 Å². The monoisotopic (exact) mass is 536 g/mol. The fourth-order valence-corrected chi connectivity index (χ4v) is 5.46. The zero-order valence-electron chi connectivity index (χ0n) is 23.2. The second-order valence-corrected chi connectivity index (χ2v) is 11.1. The number of alkyl halides is 2. The minimum atomic E-state index is -1.50. The predicted molar refractivity (Wildman–Crippen MR) is 144 cm³/mol. The number of rotatable bonds is 14. The second-order valence-electron chi connectivity index (χ2n) is 11.1. The molecule has 3 rings (SSSR count). The standard InChI is InChI=1S/C31H46F2O5/c1-3-5-7-28(32)30(34)37-26-15-9-22(10-16-26)21-36-25-17-11-23(12-18-25)24-13-19-27(20-14-24)38-31(35)29(33)8-6-4-2/h11-12,17-18,22,24,26-29H,3-10,13-16,19-21H2,1-2H3/t22?,24?,26?,27?,28-,29-/m1/s1. The molecular formula is C31H46F2O5. The molecular weight excluding hydrogens is 490 g/mol. The van der Waals surface area contributed by atoms with Crippen molar-refractivity contribution < 1.29 is 32.6 Å². The van der Waals surface area contributed by atoms with Crippen molar-refractivity contribution in [1.29, 1.82) is 0 Å². The Morgan fingerprint density at radius 2 is 1.24 bits per heavy atom. The molecule has 5 nitrogen and oxygen atoms in total. The zero-order chi connectivity index (χ0) is 27.3. The van der Waals surface area contributed by atoms with Gasteiger partial charge in [0.1, 0.15) is 18.0 Å². The second kappa shape index (κ2) is 16.0. The van der Waals surface area contributed by atoms with Crippen LogP contribution in [-0.4, -0.2) is 43.1 Å². The van der Waals surface area contributed by atoms with Crippen molar-refractivity contribution in [3.05, 3.63) is 29.8 Å². The third-order valence-electron chi connectivity index (χ3n) is 8.00. The van der Waals surface area contributed by atoms with E-state index in [2.05, 4.69) is 12.1 Å². The average Bonchev–Trinajstić information content (AvgIpc) is 2.94. The maximum Gasteiger partial charge on any atom is 0.340 e. The first kappa shape index (κ1) is 30.4. The van der Waals surface area contributed by atoms with Crippen LogP contribution in [-0.2, 0) is 19.1 Å². The number of ether oxygens (including phenoxy) is 3. The Morgan fingerprint density at radius 1 is 0.763 bits per heavy atom. The van der Waals surface area contributed by atoms with Crippen molar-refractivity contribution in [2.45, 2.75) is 134 Å². The summed E-state index contributed by atoms with van der Waals surface area (Å²) in [6.45, 7) is 4.57. The number of carbonyl (C=O) groups is 2. The largest absolute Gasteiger partial charge is 0.493 e. The zero-order valence-corrected chi connectivity index (χ0v) is 23.2. The van der Waals surface area contributed by atoms with Gasteiger partial charge in [0.25, 0.3) is 0 Å². The van der Waals surface area contributed by atoms with Crippen LogP contribution in [0, 0.1) is 5.92 Å². The highest BCUT2D eigenvalue weighted by molar-refractivity contribution is 5.75. The molecule has 0 heterocycles. The van der Waals surface area contributed by atoms with E-state index in [1.807, 2.05) is 26.0 Å². The Morgan fingerprint density at radius 3 is 1.71 bits per heavy atom. The van der Waals surface area contributed by atoms with Crippen molar-refractivity contribution in [3.63, 3.8) is 0 Å². The van der Waals surface area contributed by atoms with E-state index < -0.39 is 24.3 Å². The molecule has 0 bridgehead atoms. The lowest BCUT2D eigenvalue weighted by atomic mass is 9.82. The van der Waals surface area contributed by atoms with Gasteiger partial charge < -0.3 is 14.2 Å². The van der Waals surface area contributed by atoms with E-state index in [9.17, 15) is 18.4 Å². The summed E-state index contributed by atoms with van der Waals surface area (Å²) < 4.78 is 44.6. The molecule has 0 saturated heterocycles. The van der Waals surface area contributed by atoms with Gasteiger partial charge in [-0.3, -0.25) is 0 Å². The summed E-state index contributed by atoms with van der Waals surface area (Å²) in [6.07, 6.45) is 6.90. The van der Waals surface area contributed by atoms with Crippen LogP contribution in [0.2, 0.25) is 0 Å². The Bertz CT molecular complexity index is 829. The molecule has 0 aliphatic heterocycles. The van der Waals surface area contributed by atoms with Gasteiger partial charge in [-0.2, -0.15) is 0 Å². The van der Waals surface area contributed by atoms with Crippen LogP contribution in [0.4, 0.5) is 8.78 Å². The predicted octanol–water partition coefficient (Wildman–Crippen LogP) is 7.79. The molecule has 2 saturated carbocycles. The smallest absolute Gasteiger partial charge is 0.340 e. The van der Waals surface area contributed by atoms with Crippen molar-refractivity contribution in [1.82, 2.24) is 0 Å².